The molecule has 0 atom stereocenters. The Balaban J connectivity index is 2.46. The lowest BCUT2D eigenvalue weighted by atomic mass is 10.3. The summed E-state index contributed by atoms with van der Waals surface area (Å²) in [6.07, 6.45) is 2.38. The lowest BCUT2D eigenvalue weighted by molar-refractivity contribution is 0.719. The normalized spacial score (nSPS) is 9.82. The van der Waals surface area contributed by atoms with Crippen LogP contribution in [0.25, 0.3) is 5.69 Å². The molecule has 2 rings (SSSR count). The molecule has 0 saturated heterocycles. The molecule has 0 spiro atoms. The molecular weight excluding hydrogens is 140 g/mol. The molecule has 0 aliphatic carbocycles. The van der Waals surface area contributed by atoms with Crippen LogP contribution in [0.1, 0.15) is 0 Å². The van der Waals surface area contributed by atoms with Gasteiger partial charge in [0.25, 0.3) is 0 Å². The minimum atomic E-state index is 0.890. The van der Waals surface area contributed by atoms with Crippen LogP contribution in [-0.4, -0.2) is 20.2 Å². The largest absolute Gasteiger partial charge is 0.246 e. The highest BCUT2D eigenvalue weighted by atomic mass is 15.6. The molecule has 4 nitrogen and oxygen atoms in total. The van der Waals surface area contributed by atoms with E-state index in [1.165, 1.54) is 4.80 Å². The van der Waals surface area contributed by atoms with Crippen LogP contribution in [0.3, 0.4) is 0 Å². The van der Waals surface area contributed by atoms with E-state index in [0.29, 0.717) is 0 Å². The molecule has 0 N–H and O–H groups in total. The van der Waals surface area contributed by atoms with Crippen molar-refractivity contribution in [1.29, 1.82) is 0 Å². The molecule has 1 aromatic carbocycles. The van der Waals surface area contributed by atoms with E-state index < -0.39 is 0 Å². The number of para-hydroxylation sites is 1. The Kier molecular flexibility index (Phi) is 1.37. The number of hydrogen-bond acceptors (Lipinski definition) is 3. The first kappa shape index (κ1) is 6.03. The van der Waals surface area contributed by atoms with E-state index >= 15 is 0 Å². The fourth-order valence-corrected chi connectivity index (χ4v) is 0.815. The predicted octanol–water partition coefficient (Wildman–Crippen LogP) is 0.462. The molecule has 0 fully saturated rings. The molecule has 0 saturated carbocycles. The molecular formula is C7H5N4. The lowest BCUT2D eigenvalue weighted by Gasteiger charge is -1.93. The van der Waals surface area contributed by atoms with Gasteiger partial charge in [-0.25, -0.2) is 0 Å². The van der Waals surface area contributed by atoms with E-state index in [2.05, 4.69) is 21.7 Å². The summed E-state index contributed by atoms with van der Waals surface area (Å²) in [5.74, 6) is 0. The third kappa shape index (κ3) is 1.10. The molecule has 4 heteroatoms. The molecule has 11 heavy (non-hydrogen) atoms. The van der Waals surface area contributed by atoms with Crippen molar-refractivity contribution in [1.82, 2.24) is 20.2 Å². The fraction of sp³-hybridized carbons (Fsp3) is 0. The van der Waals surface area contributed by atoms with Gasteiger partial charge < -0.3 is 0 Å². The van der Waals surface area contributed by atoms with Crippen LogP contribution < -0.4 is 0 Å². The average molecular weight is 145 g/mol. The summed E-state index contributed by atoms with van der Waals surface area (Å²) < 4.78 is 0. The summed E-state index contributed by atoms with van der Waals surface area (Å²) in [6, 6.07) is 9.56. The molecule has 1 aromatic heterocycles. The van der Waals surface area contributed by atoms with Crippen molar-refractivity contribution in [2.24, 2.45) is 0 Å². The number of rotatable bonds is 1. The van der Waals surface area contributed by atoms with Gasteiger partial charge in [0.15, 0.2) is 0 Å². The molecule has 0 aliphatic rings. The summed E-state index contributed by atoms with van der Waals surface area (Å²) >= 11 is 0. The van der Waals surface area contributed by atoms with Gasteiger partial charge in [-0.1, -0.05) is 18.2 Å². The molecule has 1 heterocycles. The second kappa shape index (κ2) is 2.49. The van der Waals surface area contributed by atoms with Crippen molar-refractivity contribution in [3.05, 3.63) is 36.7 Å². The zero-order valence-corrected chi connectivity index (χ0v) is 5.68. The SMILES string of the molecule is [c]1nnn(-c2ccccc2)n1. The van der Waals surface area contributed by atoms with Crippen molar-refractivity contribution in [3.63, 3.8) is 0 Å². The van der Waals surface area contributed by atoms with Crippen molar-refractivity contribution in [3.8, 4) is 5.69 Å². The Morgan fingerprint density at radius 1 is 1.18 bits per heavy atom. The standard InChI is InChI=1S/C7H5N4/c1-2-4-7(5-3-1)11-9-6-8-10-11/h1-5H. The zero-order valence-electron chi connectivity index (χ0n) is 5.68. The maximum atomic E-state index is 3.76. The van der Waals surface area contributed by atoms with Crippen LogP contribution in [-0.2, 0) is 0 Å². The highest BCUT2D eigenvalue weighted by Crippen LogP contribution is 2.00. The summed E-state index contributed by atoms with van der Waals surface area (Å²) in [5, 5.41) is 10.9. The average Bonchev–Trinajstić information content (AvgIpc) is 2.58. The second-order valence-electron chi connectivity index (χ2n) is 2.01. The monoisotopic (exact) mass is 145 g/mol. The van der Waals surface area contributed by atoms with Gasteiger partial charge in [0.2, 0.25) is 6.33 Å². The molecule has 0 aliphatic heterocycles. The smallest absolute Gasteiger partial charge is 0.130 e. The second-order valence-corrected chi connectivity index (χ2v) is 2.01. The Morgan fingerprint density at radius 2 is 2.00 bits per heavy atom. The van der Waals surface area contributed by atoms with Crippen LogP contribution in [0.5, 0.6) is 0 Å². The minimum absolute atomic E-state index is 0.890. The number of hydrogen-bond donors (Lipinski definition) is 0. The van der Waals surface area contributed by atoms with Crippen LogP contribution in [0.2, 0.25) is 0 Å². The van der Waals surface area contributed by atoms with Crippen molar-refractivity contribution in [2.75, 3.05) is 0 Å². The quantitative estimate of drug-likeness (QED) is 0.585. The molecule has 53 valence electrons. The number of tetrazole rings is 1. The van der Waals surface area contributed by atoms with Gasteiger partial charge in [-0.3, -0.25) is 0 Å². The summed E-state index contributed by atoms with van der Waals surface area (Å²) in [7, 11) is 0. The van der Waals surface area contributed by atoms with Crippen molar-refractivity contribution in [2.45, 2.75) is 0 Å². The van der Waals surface area contributed by atoms with Gasteiger partial charge in [-0.15, -0.1) is 15.0 Å². The third-order valence-electron chi connectivity index (χ3n) is 1.30. The molecule has 0 bridgehead atoms. The van der Waals surface area contributed by atoms with Crippen LogP contribution in [0, 0.1) is 6.33 Å². The van der Waals surface area contributed by atoms with E-state index in [1.807, 2.05) is 30.3 Å². The van der Waals surface area contributed by atoms with Crippen molar-refractivity contribution >= 4 is 0 Å². The first-order chi connectivity index (χ1) is 5.47. The van der Waals surface area contributed by atoms with E-state index in [0.717, 1.165) is 5.69 Å². The van der Waals surface area contributed by atoms with E-state index in [1.54, 1.807) is 0 Å². The zero-order chi connectivity index (χ0) is 7.52. The number of nitrogens with zero attached hydrogens (tertiary/aromatic N) is 4. The van der Waals surface area contributed by atoms with E-state index in [9.17, 15) is 0 Å². The molecule has 0 amide bonds. The van der Waals surface area contributed by atoms with Crippen LogP contribution in [0.15, 0.2) is 30.3 Å². The topological polar surface area (TPSA) is 43.6 Å². The van der Waals surface area contributed by atoms with Gasteiger partial charge in [0.1, 0.15) is 0 Å². The van der Waals surface area contributed by atoms with Crippen LogP contribution >= 0.6 is 0 Å². The van der Waals surface area contributed by atoms with Gasteiger partial charge in [-0.2, -0.15) is 0 Å². The predicted molar refractivity (Wildman–Crippen MR) is 38.0 cm³/mol. The lowest BCUT2D eigenvalue weighted by Crippen LogP contribution is -1.97. The Morgan fingerprint density at radius 3 is 2.64 bits per heavy atom. The summed E-state index contributed by atoms with van der Waals surface area (Å²) in [4.78, 5) is 1.42. The van der Waals surface area contributed by atoms with Gasteiger partial charge in [0.05, 0.1) is 5.69 Å². The van der Waals surface area contributed by atoms with Gasteiger partial charge in [0, 0.05) is 0 Å². The highest BCUT2D eigenvalue weighted by molar-refractivity contribution is 5.27. The van der Waals surface area contributed by atoms with Crippen LogP contribution in [0.4, 0.5) is 0 Å². The fourth-order valence-electron chi connectivity index (χ4n) is 0.815. The highest BCUT2D eigenvalue weighted by Gasteiger charge is 1.93. The molecule has 2 aromatic rings. The molecule has 0 unspecified atom stereocenters. The summed E-state index contributed by atoms with van der Waals surface area (Å²) in [6.45, 7) is 0. The maximum absolute atomic E-state index is 3.76. The first-order valence-electron chi connectivity index (χ1n) is 3.18. The first-order valence-corrected chi connectivity index (χ1v) is 3.18. The van der Waals surface area contributed by atoms with E-state index in [-0.39, 0.29) is 0 Å². The molecule has 1 radical (unpaired) electrons. The summed E-state index contributed by atoms with van der Waals surface area (Å²) in [5.41, 5.74) is 0.890. The minimum Gasteiger partial charge on any atom is -0.130 e. The number of benzene rings is 1. The van der Waals surface area contributed by atoms with E-state index in [4.69, 9.17) is 0 Å². The Labute approximate surface area is 63.5 Å². The van der Waals surface area contributed by atoms with Crippen molar-refractivity contribution < 1.29 is 0 Å². The number of aromatic nitrogens is 4. The van der Waals surface area contributed by atoms with Gasteiger partial charge in [-0.05, 0) is 17.3 Å². The van der Waals surface area contributed by atoms with Gasteiger partial charge >= 0.3 is 0 Å². The third-order valence-corrected chi connectivity index (χ3v) is 1.30. The Hall–Kier alpha value is -1.71. The maximum Gasteiger partial charge on any atom is 0.246 e. The Bertz CT molecular complexity index is 313.